The molecular formula is C15H22FN3O. The zero-order chi connectivity index (χ0) is 14.5. The summed E-state index contributed by atoms with van der Waals surface area (Å²) in [6, 6.07) is 6.94. The molecule has 2 rings (SSSR count). The highest BCUT2D eigenvalue weighted by Crippen LogP contribution is 2.28. The fourth-order valence-corrected chi connectivity index (χ4v) is 1.93. The summed E-state index contributed by atoms with van der Waals surface area (Å²) >= 11 is 0. The summed E-state index contributed by atoms with van der Waals surface area (Å²) < 4.78 is 19.0. The van der Waals surface area contributed by atoms with Gasteiger partial charge in [-0.15, -0.1) is 0 Å². The van der Waals surface area contributed by atoms with Crippen molar-refractivity contribution in [3.8, 4) is 5.75 Å². The number of hydrogen-bond acceptors (Lipinski definition) is 2. The van der Waals surface area contributed by atoms with Crippen LogP contribution in [0.1, 0.15) is 20.3 Å². The van der Waals surface area contributed by atoms with Gasteiger partial charge in [-0.25, -0.2) is 4.39 Å². The summed E-state index contributed by atoms with van der Waals surface area (Å²) in [5.74, 6) is 1.41. The Bertz CT molecular complexity index is 478. The Labute approximate surface area is 119 Å². The van der Waals surface area contributed by atoms with E-state index >= 15 is 0 Å². The van der Waals surface area contributed by atoms with Crippen molar-refractivity contribution >= 4 is 5.96 Å². The molecule has 1 aliphatic carbocycles. The van der Waals surface area contributed by atoms with Crippen LogP contribution in [0.3, 0.4) is 0 Å². The lowest BCUT2D eigenvalue weighted by molar-refractivity contribution is 0.214. The fourth-order valence-electron chi connectivity index (χ4n) is 1.93. The fraction of sp³-hybridized carbons (Fsp3) is 0.533. The van der Waals surface area contributed by atoms with Crippen molar-refractivity contribution in [2.75, 3.05) is 13.6 Å². The van der Waals surface area contributed by atoms with E-state index in [-0.39, 0.29) is 17.7 Å². The van der Waals surface area contributed by atoms with Crippen LogP contribution in [0.5, 0.6) is 5.75 Å². The Balaban J connectivity index is 1.76. The summed E-state index contributed by atoms with van der Waals surface area (Å²) in [7, 11) is 1.74. The minimum Gasteiger partial charge on any atom is -0.486 e. The lowest BCUT2D eigenvalue weighted by Crippen LogP contribution is -2.43. The Morgan fingerprint density at radius 3 is 2.80 bits per heavy atom. The van der Waals surface area contributed by atoms with Gasteiger partial charge in [-0.3, -0.25) is 4.99 Å². The summed E-state index contributed by atoms with van der Waals surface area (Å²) in [6.07, 6.45) is 1.03. The molecule has 1 aromatic rings. The van der Waals surface area contributed by atoms with E-state index in [0.717, 1.165) is 5.96 Å². The minimum absolute atomic E-state index is 0.151. The van der Waals surface area contributed by atoms with Crippen LogP contribution in [0.25, 0.3) is 0 Å². The molecule has 3 unspecified atom stereocenters. The number of nitrogens with one attached hydrogen (secondary N) is 2. The lowest BCUT2D eigenvalue weighted by Gasteiger charge is -2.18. The number of hydrogen-bond donors (Lipinski definition) is 2. The molecule has 110 valence electrons. The van der Waals surface area contributed by atoms with Crippen molar-refractivity contribution < 1.29 is 9.13 Å². The normalized spacial score (nSPS) is 23.1. The maximum atomic E-state index is 13.5. The second-order valence-corrected chi connectivity index (χ2v) is 5.28. The smallest absolute Gasteiger partial charge is 0.191 e. The lowest BCUT2D eigenvalue weighted by atomic mass is 10.3. The average Bonchev–Trinajstić information content (AvgIpc) is 3.12. The van der Waals surface area contributed by atoms with Gasteiger partial charge in [-0.1, -0.05) is 19.1 Å². The zero-order valence-electron chi connectivity index (χ0n) is 12.2. The zero-order valence-corrected chi connectivity index (χ0v) is 12.2. The van der Waals surface area contributed by atoms with Gasteiger partial charge >= 0.3 is 0 Å². The molecule has 5 heteroatoms. The number of ether oxygens (including phenoxy) is 1. The van der Waals surface area contributed by atoms with E-state index in [2.05, 4.69) is 22.5 Å². The number of benzene rings is 1. The molecule has 0 spiro atoms. The number of halogens is 1. The summed E-state index contributed by atoms with van der Waals surface area (Å²) in [6.45, 7) is 4.66. The van der Waals surface area contributed by atoms with E-state index in [0.29, 0.717) is 18.5 Å². The molecular weight excluding hydrogens is 257 g/mol. The highest BCUT2D eigenvalue weighted by Gasteiger charge is 2.33. The summed E-state index contributed by atoms with van der Waals surface area (Å²) in [4.78, 5) is 4.16. The number of para-hydroxylation sites is 1. The molecule has 2 N–H and O–H groups in total. The van der Waals surface area contributed by atoms with E-state index in [1.807, 2.05) is 6.92 Å². The number of guanidine groups is 1. The molecule has 1 aliphatic rings. The second-order valence-electron chi connectivity index (χ2n) is 5.28. The molecule has 0 saturated heterocycles. The first-order valence-corrected chi connectivity index (χ1v) is 6.98. The summed E-state index contributed by atoms with van der Waals surface area (Å²) in [5.41, 5.74) is 0. The van der Waals surface area contributed by atoms with Crippen molar-refractivity contribution in [2.24, 2.45) is 10.9 Å². The Hall–Kier alpha value is -1.78. The predicted molar refractivity (Wildman–Crippen MR) is 78.6 cm³/mol. The topological polar surface area (TPSA) is 45.7 Å². The highest BCUT2D eigenvalue weighted by atomic mass is 19.1. The Kier molecular flexibility index (Phi) is 4.82. The molecule has 0 radical (unpaired) electrons. The van der Waals surface area contributed by atoms with Crippen LogP contribution in [0.4, 0.5) is 4.39 Å². The third-order valence-electron chi connectivity index (χ3n) is 3.38. The van der Waals surface area contributed by atoms with Crippen LogP contribution in [0.15, 0.2) is 29.3 Å². The first kappa shape index (κ1) is 14.6. The van der Waals surface area contributed by atoms with Gasteiger partial charge in [-0.05, 0) is 31.4 Å². The maximum Gasteiger partial charge on any atom is 0.191 e. The van der Waals surface area contributed by atoms with Crippen molar-refractivity contribution in [2.45, 2.75) is 32.4 Å². The molecule has 0 aromatic heterocycles. The van der Waals surface area contributed by atoms with Gasteiger partial charge in [0.2, 0.25) is 0 Å². The van der Waals surface area contributed by atoms with Crippen LogP contribution in [-0.2, 0) is 0 Å². The SMILES string of the molecule is CN=C(NCC(C)Oc1ccccc1F)NC1CC1C. The molecule has 4 nitrogen and oxygen atoms in total. The molecule has 0 aliphatic heterocycles. The number of aliphatic imine (C=N–C) groups is 1. The van der Waals surface area contributed by atoms with Crippen molar-refractivity contribution in [3.05, 3.63) is 30.1 Å². The molecule has 0 bridgehead atoms. The van der Waals surface area contributed by atoms with Crippen LogP contribution >= 0.6 is 0 Å². The first-order chi connectivity index (χ1) is 9.60. The van der Waals surface area contributed by atoms with E-state index < -0.39 is 0 Å². The highest BCUT2D eigenvalue weighted by molar-refractivity contribution is 5.80. The number of rotatable bonds is 5. The van der Waals surface area contributed by atoms with Crippen molar-refractivity contribution in [3.63, 3.8) is 0 Å². The van der Waals surface area contributed by atoms with Gasteiger partial charge in [0.1, 0.15) is 6.10 Å². The standard InChI is InChI=1S/C15H22FN3O/c1-10-8-13(10)19-15(17-3)18-9-11(2)20-14-7-5-4-6-12(14)16/h4-7,10-11,13H,8-9H2,1-3H3,(H2,17,18,19). The molecule has 3 atom stereocenters. The minimum atomic E-state index is -0.339. The molecule has 0 amide bonds. The first-order valence-electron chi connectivity index (χ1n) is 6.98. The van der Waals surface area contributed by atoms with Crippen LogP contribution in [-0.4, -0.2) is 31.7 Å². The van der Waals surface area contributed by atoms with Gasteiger partial charge in [-0.2, -0.15) is 0 Å². The molecule has 1 aromatic carbocycles. The van der Waals surface area contributed by atoms with Gasteiger partial charge < -0.3 is 15.4 Å². The predicted octanol–water partition coefficient (Wildman–Crippen LogP) is 2.17. The Morgan fingerprint density at radius 1 is 1.50 bits per heavy atom. The van der Waals surface area contributed by atoms with Crippen molar-refractivity contribution in [1.82, 2.24) is 10.6 Å². The van der Waals surface area contributed by atoms with Gasteiger partial charge in [0.15, 0.2) is 17.5 Å². The van der Waals surface area contributed by atoms with Crippen LogP contribution in [0, 0.1) is 11.7 Å². The van der Waals surface area contributed by atoms with Gasteiger partial charge in [0.25, 0.3) is 0 Å². The third kappa shape index (κ3) is 4.11. The second kappa shape index (κ2) is 6.59. The summed E-state index contributed by atoms with van der Waals surface area (Å²) in [5, 5.41) is 6.52. The average molecular weight is 279 g/mol. The van der Waals surface area contributed by atoms with Crippen LogP contribution in [0.2, 0.25) is 0 Å². The van der Waals surface area contributed by atoms with E-state index in [9.17, 15) is 4.39 Å². The molecule has 1 saturated carbocycles. The van der Waals surface area contributed by atoms with Crippen molar-refractivity contribution in [1.29, 1.82) is 0 Å². The monoisotopic (exact) mass is 279 g/mol. The Morgan fingerprint density at radius 2 is 2.20 bits per heavy atom. The van der Waals surface area contributed by atoms with E-state index in [1.54, 1.807) is 25.2 Å². The van der Waals surface area contributed by atoms with E-state index in [4.69, 9.17) is 4.74 Å². The number of nitrogens with zero attached hydrogens (tertiary/aromatic N) is 1. The molecule has 1 fully saturated rings. The largest absolute Gasteiger partial charge is 0.486 e. The molecule has 20 heavy (non-hydrogen) atoms. The van der Waals surface area contributed by atoms with Crippen LogP contribution < -0.4 is 15.4 Å². The molecule has 0 heterocycles. The van der Waals surface area contributed by atoms with E-state index in [1.165, 1.54) is 12.5 Å². The van der Waals surface area contributed by atoms with Gasteiger partial charge in [0.05, 0.1) is 6.54 Å². The quantitative estimate of drug-likeness (QED) is 0.641. The maximum absolute atomic E-state index is 13.5. The third-order valence-corrected chi connectivity index (χ3v) is 3.38. The van der Waals surface area contributed by atoms with Gasteiger partial charge in [0, 0.05) is 13.1 Å².